The normalized spacial score (nSPS) is 10.5. The summed E-state index contributed by atoms with van der Waals surface area (Å²) in [7, 11) is 0. The van der Waals surface area contributed by atoms with E-state index in [1.165, 1.54) is 11.8 Å². The zero-order chi connectivity index (χ0) is 16.1. The summed E-state index contributed by atoms with van der Waals surface area (Å²) in [5.41, 5.74) is 2.69. The fourth-order valence-electron chi connectivity index (χ4n) is 1.99. The predicted octanol–water partition coefficient (Wildman–Crippen LogP) is 3.78. The van der Waals surface area contributed by atoms with Crippen LogP contribution in [0, 0.1) is 6.92 Å². The molecule has 1 heterocycles. The number of benzene rings is 2. The van der Waals surface area contributed by atoms with Crippen molar-refractivity contribution in [2.24, 2.45) is 0 Å². The second-order valence-corrected chi connectivity index (χ2v) is 5.82. The van der Waals surface area contributed by atoms with E-state index >= 15 is 0 Å². The molecule has 116 valence electrons. The molecule has 0 unspecified atom stereocenters. The van der Waals surface area contributed by atoms with Crippen molar-refractivity contribution in [2.45, 2.75) is 12.1 Å². The van der Waals surface area contributed by atoms with Gasteiger partial charge in [-0.3, -0.25) is 4.79 Å². The van der Waals surface area contributed by atoms with Crippen LogP contribution in [-0.2, 0) is 4.79 Å². The van der Waals surface area contributed by atoms with Crippen LogP contribution in [0.1, 0.15) is 5.56 Å². The first-order valence-corrected chi connectivity index (χ1v) is 8.08. The topological polar surface area (TPSA) is 68.0 Å². The standard InChI is InChI=1S/C17H15N3O2S/c1-12-7-5-6-10-14(12)18-15(21)11-23-17-20-19-16(22-17)13-8-3-2-4-9-13/h2-10H,11H2,1H3,(H,18,21). The molecule has 1 aromatic heterocycles. The number of thioether (sulfide) groups is 1. The quantitative estimate of drug-likeness (QED) is 0.723. The summed E-state index contributed by atoms with van der Waals surface area (Å²) >= 11 is 1.22. The van der Waals surface area contributed by atoms with E-state index in [0.717, 1.165) is 16.8 Å². The maximum Gasteiger partial charge on any atom is 0.277 e. The molecule has 0 radical (unpaired) electrons. The summed E-state index contributed by atoms with van der Waals surface area (Å²) in [5, 5.41) is 11.2. The minimum Gasteiger partial charge on any atom is -0.411 e. The Labute approximate surface area is 138 Å². The Hall–Kier alpha value is -2.60. The summed E-state index contributed by atoms with van der Waals surface area (Å²) < 4.78 is 5.55. The van der Waals surface area contributed by atoms with Gasteiger partial charge in [-0.15, -0.1) is 10.2 Å². The van der Waals surface area contributed by atoms with Crippen LogP contribution in [0.2, 0.25) is 0 Å². The van der Waals surface area contributed by atoms with E-state index in [4.69, 9.17) is 4.42 Å². The number of aryl methyl sites for hydroxylation is 1. The van der Waals surface area contributed by atoms with Gasteiger partial charge in [0.1, 0.15) is 0 Å². The number of anilines is 1. The molecule has 2 aromatic carbocycles. The average Bonchev–Trinajstić information content (AvgIpc) is 3.05. The van der Waals surface area contributed by atoms with Gasteiger partial charge in [-0.1, -0.05) is 48.2 Å². The van der Waals surface area contributed by atoms with Crippen LogP contribution in [0.5, 0.6) is 0 Å². The van der Waals surface area contributed by atoms with Crippen LogP contribution in [0.3, 0.4) is 0 Å². The van der Waals surface area contributed by atoms with Crippen LogP contribution < -0.4 is 5.32 Å². The molecule has 0 saturated carbocycles. The van der Waals surface area contributed by atoms with Crippen LogP contribution in [0.25, 0.3) is 11.5 Å². The Morgan fingerprint density at radius 2 is 1.83 bits per heavy atom. The molecule has 6 heteroatoms. The van der Waals surface area contributed by atoms with Gasteiger partial charge in [0.25, 0.3) is 5.22 Å². The molecule has 23 heavy (non-hydrogen) atoms. The Morgan fingerprint density at radius 3 is 2.61 bits per heavy atom. The highest BCUT2D eigenvalue weighted by molar-refractivity contribution is 7.99. The molecule has 1 N–H and O–H groups in total. The van der Waals surface area contributed by atoms with Crippen LogP contribution in [0.4, 0.5) is 5.69 Å². The van der Waals surface area contributed by atoms with Gasteiger partial charge in [0.15, 0.2) is 0 Å². The lowest BCUT2D eigenvalue weighted by Gasteiger charge is -2.06. The third-order valence-corrected chi connectivity index (χ3v) is 3.99. The Kier molecular flexibility index (Phi) is 4.73. The van der Waals surface area contributed by atoms with E-state index in [1.807, 2.05) is 61.5 Å². The van der Waals surface area contributed by atoms with Gasteiger partial charge in [0.2, 0.25) is 11.8 Å². The molecule has 3 aromatic rings. The molecule has 0 atom stereocenters. The lowest BCUT2D eigenvalue weighted by molar-refractivity contribution is -0.113. The van der Waals surface area contributed by atoms with E-state index in [0.29, 0.717) is 11.1 Å². The molecule has 3 rings (SSSR count). The van der Waals surface area contributed by atoms with E-state index in [1.54, 1.807) is 0 Å². The van der Waals surface area contributed by atoms with Gasteiger partial charge in [0.05, 0.1) is 5.75 Å². The number of amides is 1. The maximum absolute atomic E-state index is 12.0. The lowest BCUT2D eigenvalue weighted by Crippen LogP contribution is -2.14. The molecule has 0 bridgehead atoms. The van der Waals surface area contributed by atoms with Crippen molar-refractivity contribution in [3.05, 3.63) is 60.2 Å². The highest BCUT2D eigenvalue weighted by Gasteiger charge is 2.11. The largest absolute Gasteiger partial charge is 0.411 e. The molecule has 5 nitrogen and oxygen atoms in total. The fourth-order valence-corrected chi connectivity index (χ4v) is 2.56. The molecule has 0 aliphatic heterocycles. The van der Waals surface area contributed by atoms with Crippen molar-refractivity contribution >= 4 is 23.4 Å². The first-order chi connectivity index (χ1) is 11.2. The minimum absolute atomic E-state index is 0.108. The summed E-state index contributed by atoms with van der Waals surface area (Å²) in [6.07, 6.45) is 0. The van der Waals surface area contributed by atoms with Gasteiger partial charge in [-0.05, 0) is 30.7 Å². The monoisotopic (exact) mass is 325 g/mol. The van der Waals surface area contributed by atoms with E-state index < -0.39 is 0 Å². The van der Waals surface area contributed by atoms with E-state index in [9.17, 15) is 4.79 Å². The average molecular weight is 325 g/mol. The van der Waals surface area contributed by atoms with Crippen molar-refractivity contribution in [1.29, 1.82) is 0 Å². The summed E-state index contributed by atoms with van der Waals surface area (Å²) in [5.74, 6) is 0.557. The third kappa shape index (κ3) is 3.98. The number of hydrogen-bond acceptors (Lipinski definition) is 5. The third-order valence-electron chi connectivity index (χ3n) is 3.17. The van der Waals surface area contributed by atoms with Gasteiger partial charge in [-0.2, -0.15) is 0 Å². The predicted molar refractivity (Wildman–Crippen MR) is 90.3 cm³/mol. The number of nitrogens with one attached hydrogen (secondary N) is 1. The number of aromatic nitrogens is 2. The number of rotatable bonds is 5. The smallest absolute Gasteiger partial charge is 0.277 e. The van der Waals surface area contributed by atoms with Gasteiger partial charge in [0, 0.05) is 11.3 Å². The van der Waals surface area contributed by atoms with Crippen LogP contribution in [0.15, 0.2) is 64.2 Å². The van der Waals surface area contributed by atoms with Crippen LogP contribution >= 0.6 is 11.8 Å². The second kappa shape index (κ2) is 7.11. The molecule has 0 aliphatic carbocycles. The molecule has 0 fully saturated rings. The molecular formula is C17H15N3O2S. The summed E-state index contributed by atoms with van der Waals surface area (Å²) in [6.45, 7) is 1.95. The number of nitrogens with zero attached hydrogens (tertiary/aromatic N) is 2. The first kappa shape index (κ1) is 15.3. The minimum atomic E-state index is -0.108. The lowest BCUT2D eigenvalue weighted by atomic mass is 10.2. The van der Waals surface area contributed by atoms with Gasteiger partial charge >= 0.3 is 0 Å². The fraction of sp³-hybridized carbons (Fsp3) is 0.118. The summed E-state index contributed by atoms with van der Waals surface area (Å²) in [6, 6.07) is 17.2. The second-order valence-electron chi connectivity index (χ2n) is 4.89. The zero-order valence-electron chi connectivity index (χ0n) is 12.5. The van der Waals surface area contributed by atoms with Crippen molar-refractivity contribution in [1.82, 2.24) is 10.2 Å². The van der Waals surface area contributed by atoms with Crippen molar-refractivity contribution in [2.75, 3.05) is 11.1 Å². The van der Waals surface area contributed by atoms with Crippen molar-refractivity contribution < 1.29 is 9.21 Å². The van der Waals surface area contributed by atoms with Gasteiger partial charge in [-0.25, -0.2) is 0 Å². The number of carbonyl (C=O) groups is 1. The van der Waals surface area contributed by atoms with E-state index in [2.05, 4.69) is 15.5 Å². The molecule has 0 saturated heterocycles. The maximum atomic E-state index is 12.0. The SMILES string of the molecule is Cc1ccccc1NC(=O)CSc1nnc(-c2ccccc2)o1. The van der Waals surface area contributed by atoms with Crippen molar-refractivity contribution in [3.63, 3.8) is 0 Å². The zero-order valence-corrected chi connectivity index (χ0v) is 13.3. The van der Waals surface area contributed by atoms with E-state index in [-0.39, 0.29) is 11.7 Å². The van der Waals surface area contributed by atoms with Gasteiger partial charge < -0.3 is 9.73 Å². The Morgan fingerprint density at radius 1 is 1.09 bits per heavy atom. The molecule has 0 aliphatic rings. The molecule has 0 spiro atoms. The molecule has 1 amide bonds. The highest BCUT2D eigenvalue weighted by Crippen LogP contribution is 2.23. The Bertz CT molecular complexity index is 802. The Balaban J connectivity index is 1.58. The number of hydrogen-bond donors (Lipinski definition) is 1. The van der Waals surface area contributed by atoms with Crippen molar-refractivity contribution in [3.8, 4) is 11.5 Å². The highest BCUT2D eigenvalue weighted by atomic mass is 32.2. The first-order valence-electron chi connectivity index (χ1n) is 7.09. The molecular weight excluding hydrogens is 310 g/mol. The summed E-state index contributed by atoms with van der Waals surface area (Å²) in [4.78, 5) is 12.0. The van der Waals surface area contributed by atoms with Crippen LogP contribution in [-0.4, -0.2) is 21.9 Å². The number of carbonyl (C=O) groups excluding carboxylic acids is 1. The number of para-hydroxylation sites is 1.